The molecule has 6 heteroatoms. The summed E-state index contributed by atoms with van der Waals surface area (Å²) in [7, 11) is 4.67. The molecule has 19 heavy (non-hydrogen) atoms. The predicted molar refractivity (Wildman–Crippen MR) is 70.7 cm³/mol. The lowest BCUT2D eigenvalue weighted by molar-refractivity contribution is 0.324. The van der Waals surface area contributed by atoms with Gasteiger partial charge in [-0.15, -0.1) is 0 Å². The number of hydrogen-bond donors (Lipinski definition) is 1. The van der Waals surface area contributed by atoms with E-state index in [1.807, 2.05) is 6.92 Å². The highest BCUT2D eigenvalue weighted by Crippen LogP contribution is 2.42. The van der Waals surface area contributed by atoms with Gasteiger partial charge in [-0.1, -0.05) is 0 Å². The van der Waals surface area contributed by atoms with Crippen molar-refractivity contribution < 1.29 is 18.6 Å². The maximum Gasteiger partial charge on any atom is 0.292 e. The van der Waals surface area contributed by atoms with E-state index in [2.05, 4.69) is 4.98 Å². The van der Waals surface area contributed by atoms with Crippen molar-refractivity contribution in [2.45, 2.75) is 6.92 Å². The first kappa shape index (κ1) is 13.1. The number of methoxy groups -OCH3 is 3. The Morgan fingerprint density at radius 2 is 1.63 bits per heavy atom. The van der Waals surface area contributed by atoms with Crippen LogP contribution in [-0.2, 0) is 0 Å². The van der Waals surface area contributed by atoms with Crippen LogP contribution in [0.15, 0.2) is 16.5 Å². The van der Waals surface area contributed by atoms with Crippen molar-refractivity contribution >= 4 is 6.01 Å². The van der Waals surface area contributed by atoms with Gasteiger partial charge in [0.05, 0.1) is 27.0 Å². The van der Waals surface area contributed by atoms with E-state index in [4.69, 9.17) is 24.4 Å². The quantitative estimate of drug-likeness (QED) is 0.912. The van der Waals surface area contributed by atoms with Crippen molar-refractivity contribution in [1.29, 1.82) is 0 Å². The fourth-order valence-electron chi connectivity index (χ4n) is 1.90. The number of nitrogen functional groups attached to an aromatic ring is 1. The SMILES string of the molecule is COc1cc(-c2oc(N)nc2C)cc(OC)c1OC. The minimum Gasteiger partial charge on any atom is -0.493 e. The fraction of sp³-hybridized carbons (Fsp3) is 0.308. The third kappa shape index (κ3) is 2.29. The molecule has 2 rings (SSSR count). The second kappa shape index (κ2) is 5.09. The third-order valence-corrected chi connectivity index (χ3v) is 2.74. The molecule has 0 bridgehead atoms. The Balaban J connectivity index is 2.62. The fourth-order valence-corrected chi connectivity index (χ4v) is 1.90. The average Bonchev–Trinajstić information content (AvgIpc) is 2.75. The standard InChI is InChI=1S/C13H16N2O4/c1-7-11(19-13(14)15-7)8-5-9(16-2)12(18-4)10(6-8)17-3/h5-6H,1-4H3,(H2,14,15). The van der Waals surface area contributed by atoms with E-state index in [-0.39, 0.29) is 6.01 Å². The highest BCUT2D eigenvalue weighted by molar-refractivity contribution is 5.69. The number of oxazole rings is 1. The van der Waals surface area contributed by atoms with E-state index in [0.717, 1.165) is 5.56 Å². The van der Waals surface area contributed by atoms with Crippen LogP contribution < -0.4 is 19.9 Å². The van der Waals surface area contributed by atoms with Gasteiger partial charge < -0.3 is 24.4 Å². The van der Waals surface area contributed by atoms with Crippen molar-refractivity contribution in [3.8, 4) is 28.6 Å². The van der Waals surface area contributed by atoms with Gasteiger partial charge in [0.25, 0.3) is 6.01 Å². The number of nitrogens with two attached hydrogens (primary N) is 1. The summed E-state index contributed by atoms with van der Waals surface area (Å²) in [5.41, 5.74) is 7.01. The van der Waals surface area contributed by atoms with Gasteiger partial charge in [0.1, 0.15) is 0 Å². The number of aryl methyl sites for hydroxylation is 1. The molecule has 1 aromatic carbocycles. The molecular weight excluding hydrogens is 248 g/mol. The lowest BCUT2D eigenvalue weighted by atomic mass is 10.1. The molecule has 2 N–H and O–H groups in total. The zero-order chi connectivity index (χ0) is 14.0. The van der Waals surface area contributed by atoms with Crippen LogP contribution in [0.25, 0.3) is 11.3 Å². The molecule has 0 unspecified atom stereocenters. The molecule has 0 saturated carbocycles. The summed E-state index contributed by atoms with van der Waals surface area (Å²) in [4.78, 5) is 4.04. The summed E-state index contributed by atoms with van der Waals surface area (Å²) in [6, 6.07) is 3.70. The molecule has 0 aliphatic rings. The minimum absolute atomic E-state index is 0.126. The normalized spacial score (nSPS) is 10.3. The van der Waals surface area contributed by atoms with E-state index in [9.17, 15) is 0 Å². The first-order chi connectivity index (χ1) is 9.10. The molecular formula is C13H16N2O4. The summed E-state index contributed by atoms with van der Waals surface area (Å²) in [6.07, 6.45) is 0. The second-order valence-electron chi connectivity index (χ2n) is 3.88. The van der Waals surface area contributed by atoms with Crippen LogP contribution >= 0.6 is 0 Å². The second-order valence-corrected chi connectivity index (χ2v) is 3.88. The van der Waals surface area contributed by atoms with Gasteiger partial charge in [0.2, 0.25) is 5.75 Å². The molecule has 0 amide bonds. The molecule has 0 radical (unpaired) electrons. The third-order valence-electron chi connectivity index (χ3n) is 2.74. The van der Waals surface area contributed by atoms with Crippen LogP contribution in [0.3, 0.4) is 0 Å². The number of nitrogens with zero attached hydrogens (tertiary/aromatic N) is 1. The van der Waals surface area contributed by atoms with Gasteiger partial charge in [-0.3, -0.25) is 0 Å². The summed E-state index contributed by atoms with van der Waals surface area (Å²) >= 11 is 0. The number of aromatic nitrogens is 1. The summed E-state index contributed by atoms with van der Waals surface area (Å²) in [5.74, 6) is 2.20. The van der Waals surface area contributed by atoms with Gasteiger partial charge in [-0.25, -0.2) is 0 Å². The van der Waals surface area contributed by atoms with Crippen molar-refractivity contribution in [2.24, 2.45) is 0 Å². The smallest absolute Gasteiger partial charge is 0.292 e. The van der Waals surface area contributed by atoms with Crippen LogP contribution in [0.2, 0.25) is 0 Å². The lowest BCUT2D eigenvalue weighted by Crippen LogP contribution is -1.95. The average molecular weight is 264 g/mol. The summed E-state index contributed by atoms with van der Waals surface area (Å²) < 4.78 is 21.2. The highest BCUT2D eigenvalue weighted by Gasteiger charge is 2.17. The van der Waals surface area contributed by atoms with Crippen LogP contribution in [0.1, 0.15) is 5.69 Å². The van der Waals surface area contributed by atoms with Gasteiger partial charge in [-0.2, -0.15) is 4.98 Å². The van der Waals surface area contributed by atoms with Gasteiger partial charge in [-0.05, 0) is 19.1 Å². The Morgan fingerprint density at radius 1 is 1.05 bits per heavy atom. The summed E-state index contributed by atoms with van der Waals surface area (Å²) in [6.45, 7) is 1.82. The molecule has 0 atom stereocenters. The molecule has 2 aromatic rings. The monoisotopic (exact) mass is 264 g/mol. The number of benzene rings is 1. The predicted octanol–water partition coefficient (Wildman–Crippen LogP) is 2.26. The maximum atomic E-state index is 5.55. The largest absolute Gasteiger partial charge is 0.493 e. The van der Waals surface area contributed by atoms with Crippen LogP contribution in [0.5, 0.6) is 17.2 Å². The molecule has 0 aliphatic carbocycles. The van der Waals surface area contributed by atoms with Crippen molar-refractivity contribution in [2.75, 3.05) is 27.1 Å². The Bertz CT molecular complexity index is 567. The maximum absolute atomic E-state index is 5.55. The number of ether oxygens (including phenoxy) is 3. The first-order valence-corrected chi connectivity index (χ1v) is 5.64. The number of rotatable bonds is 4. The van der Waals surface area contributed by atoms with Gasteiger partial charge in [0, 0.05) is 5.56 Å². The van der Waals surface area contributed by atoms with Crippen LogP contribution in [-0.4, -0.2) is 26.3 Å². The van der Waals surface area contributed by atoms with Crippen LogP contribution in [0.4, 0.5) is 6.01 Å². The molecule has 1 aromatic heterocycles. The Labute approximate surface area is 111 Å². The van der Waals surface area contributed by atoms with Crippen molar-refractivity contribution in [1.82, 2.24) is 4.98 Å². The first-order valence-electron chi connectivity index (χ1n) is 5.64. The Kier molecular flexibility index (Phi) is 3.50. The Hall–Kier alpha value is -2.37. The van der Waals surface area contributed by atoms with E-state index >= 15 is 0 Å². The molecule has 0 fully saturated rings. The van der Waals surface area contributed by atoms with Crippen molar-refractivity contribution in [3.63, 3.8) is 0 Å². The highest BCUT2D eigenvalue weighted by atomic mass is 16.5. The number of anilines is 1. The van der Waals surface area contributed by atoms with Gasteiger partial charge >= 0.3 is 0 Å². The molecule has 1 heterocycles. The minimum atomic E-state index is 0.126. The lowest BCUT2D eigenvalue weighted by Gasteiger charge is -2.13. The van der Waals surface area contributed by atoms with E-state index in [0.29, 0.717) is 28.7 Å². The zero-order valence-corrected chi connectivity index (χ0v) is 11.3. The van der Waals surface area contributed by atoms with Crippen molar-refractivity contribution in [3.05, 3.63) is 17.8 Å². The molecule has 0 spiro atoms. The molecule has 0 saturated heterocycles. The Morgan fingerprint density at radius 3 is 2.00 bits per heavy atom. The van der Waals surface area contributed by atoms with E-state index in [1.54, 1.807) is 33.5 Å². The van der Waals surface area contributed by atoms with E-state index < -0.39 is 0 Å². The zero-order valence-electron chi connectivity index (χ0n) is 11.3. The number of hydrogen-bond acceptors (Lipinski definition) is 6. The summed E-state index contributed by atoms with van der Waals surface area (Å²) in [5, 5.41) is 0. The van der Waals surface area contributed by atoms with E-state index in [1.165, 1.54) is 0 Å². The molecule has 0 aliphatic heterocycles. The molecule has 6 nitrogen and oxygen atoms in total. The molecule has 102 valence electrons. The topological polar surface area (TPSA) is 79.7 Å². The van der Waals surface area contributed by atoms with Crippen LogP contribution in [0, 0.1) is 6.92 Å². The van der Waals surface area contributed by atoms with Gasteiger partial charge in [0.15, 0.2) is 17.3 Å².